The van der Waals surface area contributed by atoms with Gasteiger partial charge in [0.2, 0.25) is 0 Å². The number of nitrogens with one attached hydrogen (secondary N) is 1. The molecule has 1 N–H and O–H groups in total. The summed E-state index contributed by atoms with van der Waals surface area (Å²) in [7, 11) is 0. The second-order valence-electron chi connectivity index (χ2n) is 5.19. The van der Waals surface area contributed by atoms with Gasteiger partial charge in [0.15, 0.2) is 0 Å². The second-order valence-corrected chi connectivity index (χ2v) is 6.54. The summed E-state index contributed by atoms with van der Waals surface area (Å²) in [6.07, 6.45) is 0. The topological polar surface area (TPSA) is 45.2 Å². The van der Waals surface area contributed by atoms with E-state index in [9.17, 15) is 4.79 Å². The van der Waals surface area contributed by atoms with Gasteiger partial charge in [-0.2, -0.15) is 11.8 Å². The minimum atomic E-state index is -0.0379. The average Bonchev–Trinajstić information content (AvgIpc) is 2.39. The molecule has 1 unspecified atom stereocenters. The van der Waals surface area contributed by atoms with Crippen LogP contribution in [0.2, 0.25) is 0 Å². The lowest BCUT2D eigenvalue weighted by Crippen LogP contribution is -2.45. The van der Waals surface area contributed by atoms with Gasteiger partial charge in [-0.25, -0.2) is 9.78 Å². The highest BCUT2D eigenvalue weighted by Gasteiger charge is 2.26. The zero-order valence-electron chi connectivity index (χ0n) is 11.7. The van der Waals surface area contributed by atoms with Crippen LogP contribution in [-0.4, -0.2) is 40.0 Å². The maximum absolute atomic E-state index is 12.2. The van der Waals surface area contributed by atoms with E-state index in [1.165, 1.54) is 0 Å². The molecule has 5 heteroatoms. The van der Waals surface area contributed by atoms with Crippen molar-refractivity contribution in [2.75, 3.05) is 24.2 Å². The van der Waals surface area contributed by atoms with E-state index in [1.807, 2.05) is 41.8 Å². The summed E-state index contributed by atoms with van der Waals surface area (Å²) in [5.41, 5.74) is 0.909. The molecule has 1 fully saturated rings. The van der Waals surface area contributed by atoms with Gasteiger partial charge in [-0.05, 0) is 25.0 Å². The van der Waals surface area contributed by atoms with Crippen LogP contribution < -0.4 is 5.32 Å². The molecule has 4 nitrogen and oxygen atoms in total. The lowest BCUT2D eigenvalue weighted by atomic mass is 10.1. The fourth-order valence-corrected chi connectivity index (χ4v) is 3.36. The van der Waals surface area contributed by atoms with Gasteiger partial charge in [-0.15, -0.1) is 0 Å². The molecule has 0 aliphatic carbocycles. The Hall–Kier alpha value is -1.23. The van der Waals surface area contributed by atoms with Crippen LogP contribution in [0, 0.1) is 12.8 Å². The third-order valence-corrected chi connectivity index (χ3v) is 4.79. The zero-order chi connectivity index (χ0) is 13.8. The van der Waals surface area contributed by atoms with Crippen molar-refractivity contribution in [1.29, 1.82) is 0 Å². The third-order valence-electron chi connectivity index (χ3n) is 3.25. The predicted octanol–water partition coefficient (Wildman–Crippen LogP) is 3.00. The fraction of sp³-hybridized carbons (Fsp3) is 0.571. The first-order valence-electron chi connectivity index (χ1n) is 6.67. The first-order chi connectivity index (χ1) is 9.06. The van der Waals surface area contributed by atoms with Crippen LogP contribution in [0.1, 0.15) is 19.5 Å². The summed E-state index contributed by atoms with van der Waals surface area (Å²) in [6.45, 7) is 7.97. The molecule has 2 rings (SSSR count). The van der Waals surface area contributed by atoms with Crippen LogP contribution in [0.25, 0.3) is 0 Å². The number of hydrogen-bond acceptors (Lipinski definition) is 3. The molecule has 0 bridgehead atoms. The number of amides is 2. The molecule has 1 aromatic heterocycles. The van der Waals surface area contributed by atoms with Gasteiger partial charge in [0, 0.05) is 29.8 Å². The summed E-state index contributed by atoms with van der Waals surface area (Å²) < 4.78 is 0. The van der Waals surface area contributed by atoms with E-state index in [0.29, 0.717) is 17.0 Å². The number of rotatable bonds is 2. The summed E-state index contributed by atoms with van der Waals surface area (Å²) >= 11 is 1.96. The van der Waals surface area contributed by atoms with Gasteiger partial charge in [0.1, 0.15) is 5.82 Å². The number of thioether (sulfide) groups is 1. The van der Waals surface area contributed by atoms with Crippen LogP contribution in [0.4, 0.5) is 10.6 Å². The Labute approximate surface area is 119 Å². The molecule has 0 saturated carbocycles. The Morgan fingerprint density at radius 3 is 3.00 bits per heavy atom. The van der Waals surface area contributed by atoms with Crippen LogP contribution in [0.15, 0.2) is 18.2 Å². The molecule has 19 heavy (non-hydrogen) atoms. The predicted molar refractivity (Wildman–Crippen MR) is 80.6 cm³/mol. The van der Waals surface area contributed by atoms with Crippen LogP contribution in [0.5, 0.6) is 0 Å². The van der Waals surface area contributed by atoms with Crippen molar-refractivity contribution in [2.45, 2.75) is 26.0 Å². The van der Waals surface area contributed by atoms with Crippen molar-refractivity contribution in [3.63, 3.8) is 0 Å². The van der Waals surface area contributed by atoms with Gasteiger partial charge in [-0.1, -0.05) is 19.9 Å². The van der Waals surface area contributed by atoms with E-state index in [-0.39, 0.29) is 6.03 Å². The number of pyridine rings is 1. The lowest BCUT2D eigenvalue weighted by Gasteiger charge is -2.34. The average molecular weight is 279 g/mol. The van der Waals surface area contributed by atoms with E-state index >= 15 is 0 Å². The molecule has 2 heterocycles. The monoisotopic (exact) mass is 279 g/mol. The Kier molecular flexibility index (Phi) is 4.69. The van der Waals surface area contributed by atoms with Crippen molar-refractivity contribution in [3.05, 3.63) is 23.9 Å². The summed E-state index contributed by atoms with van der Waals surface area (Å²) in [6, 6.07) is 5.61. The summed E-state index contributed by atoms with van der Waals surface area (Å²) in [5.74, 6) is 2.24. The molecule has 104 valence electrons. The van der Waals surface area contributed by atoms with Crippen molar-refractivity contribution in [3.8, 4) is 0 Å². The Bertz CT molecular complexity index is 450. The minimum absolute atomic E-state index is 0.0379. The maximum atomic E-state index is 12.2. The van der Waals surface area contributed by atoms with E-state index in [2.05, 4.69) is 24.1 Å². The summed E-state index contributed by atoms with van der Waals surface area (Å²) in [5, 5.41) is 3.41. The quantitative estimate of drug-likeness (QED) is 0.905. The number of carbonyl (C=O) groups excluding carboxylic acids is 1. The first-order valence-corrected chi connectivity index (χ1v) is 7.72. The number of urea groups is 1. The molecule has 1 aliphatic rings. The van der Waals surface area contributed by atoms with Crippen molar-refractivity contribution < 1.29 is 4.79 Å². The number of nitrogens with zero attached hydrogens (tertiary/aromatic N) is 2. The fourth-order valence-electron chi connectivity index (χ4n) is 2.06. The largest absolute Gasteiger partial charge is 0.323 e. The van der Waals surface area contributed by atoms with Gasteiger partial charge < -0.3 is 4.90 Å². The van der Waals surface area contributed by atoms with Crippen molar-refractivity contribution >= 4 is 23.6 Å². The standard InChI is InChI=1S/C14H21N3OS/c1-10(2)12-9-17(7-8-19-12)14(18)16-13-6-4-5-11(3)15-13/h4-6,10,12H,7-9H2,1-3H3,(H,15,16,18). The van der Waals surface area contributed by atoms with E-state index < -0.39 is 0 Å². The molecule has 1 saturated heterocycles. The van der Waals surface area contributed by atoms with E-state index in [1.54, 1.807) is 0 Å². The molecular formula is C14H21N3OS. The highest BCUT2D eigenvalue weighted by atomic mass is 32.2. The number of hydrogen-bond donors (Lipinski definition) is 1. The third kappa shape index (κ3) is 3.86. The lowest BCUT2D eigenvalue weighted by molar-refractivity contribution is 0.211. The zero-order valence-corrected chi connectivity index (χ0v) is 12.5. The van der Waals surface area contributed by atoms with Gasteiger partial charge in [-0.3, -0.25) is 5.32 Å². The smallest absolute Gasteiger partial charge is 0.323 e. The first kappa shape index (κ1) is 14.2. The maximum Gasteiger partial charge on any atom is 0.323 e. The Balaban J connectivity index is 1.96. The molecule has 0 aromatic carbocycles. The van der Waals surface area contributed by atoms with Gasteiger partial charge in [0.05, 0.1) is 0 Å². The van der Waals surface area contributed by atoms with E-state index in [0.717, 1.165) is 24.5 Å². The number of anilines is 1. The molecule has 0 spiro atoms. The van der Waals surface area contributed by atoms with Crippen LogP contribution in [0.3, 0.4) is 0 Å². The van der Waals surface area contributed by atoms with Crippen molar-refractivity contribution in [2.24, 2.45) is 5.92 Å². The van der Waals surface area contributed by atoms with Gasteiger partial charge >= 0.3 is 6.03 Å². The highest BCUT2D eigenvalue weighted by molar-refractivity contribution is 8.00. The molecule has 1 aliphatic heterocycles. The normalized spacial score (nSPS) is 19.6. The van der Waals surface area contributed by atoms with Gasteiger partial charge in [0.25, 0.3) is 0 Å². The Morgan fingerprint density at radius 1 is 1.53 bits per heavy atom. The number of aromatic nitrogens is 1. The minimum Gasteiger partial charge on any atom is -0.323 e. The van der Waals surface area contributed by atoms with Crippen LogP contribution >= 0.6 is 11.8 Å². The number of carbonyl (C=O) groups is 1. The highest BCUT2D eigenvalue weighted by Crippen LogP contribution is 2.25. The molecular weight excluding hydrogens is 258 g/mol. The SMILES string of the molecule is Cc1cccc(NC(=O)N2CCSC(C(C)C)C2)n1. The Morgan fingerprint density at radius 2 is 2.32 bits per heavy atom. The van der Waals surface area contributed by atoms with E-state index in [4.69, 9.17) is 0 Å². The van der Waals surface area contributed by atoms with Crippen molar-refractivity contribution in [1.82, 2.24) is 9.88 Å². The molecule has 2 amide bonds. The molecule has 1 atom stereocenters. The summed E-state index contributed by atoms with van der Waals surface area (Å²) in [4.78, 5) is 18.4. The number of aryl methyl sites for hydroxylation is 1. The second kappa shape index (κ2) is 6.28. The van der Waals surface area contributed by atoms with Crippen LogP contribution in [-0.2, 0) is 0 Å². The molecule has 1 aromatic rings. The molecule has 0 radical (unpaired) electrons.